The van der Waals surface area contributed by atoms with Crippen LogP contribution in [0.3, 0.4) is 0 Å². The van der Waals surface area contributed by atoms with Crippen LogP contribution in [0.25, 0.3) is 22.2 Å². The first-order valence-corrected chi connectivity index (χ1v) is 11.4. The summed E-state index contributed by atoms with van der Waals surface area (Å²) in [5.74, 6) is -0.359. The number of hydrogen-bond acceptors (Lipinski definition) is 3. The molecule has 168 valence electrons. The molecule has 0 fully saturated rings. The number of aryl methyl sites for hydroxylation is 2. The van der Waals surface area contributed by atoms with Crippen molar-refractivity contribution in [3.05, 3.63) is 99.6 Å². The van der Waals surface area contributed by atoms with Gasteiger partial charge in [0.2, 0.25) is 0 Å². The van der Waals surface area contributed by atoms with Gasteiger partial charge in [0.05, 0.1) is 16.8 Å². The molecule has 0 saturated carbocycles. The first-order chi connectivity index (χ1) is 15.6. The maximum absolute atomic E-state index is 13.2. The molecular weight excluding hydrogens is 430 g/mol. The second kappa shape index (κ2) is 8.99. The summed E-state index contributed by atoms with van der Waals surface area (Å²) in [6.07, 6.45) is 0. The second-order valence-corrected chi connectivity index (χ2v) is 9.93. The summed E-state index contributed by atoms with van der Waals surface area (Å²) in [6, 6.07) is 21.3. The van der Waals surface area contributed by atoms with E-state index in [4.69, 9.17) is 21.3 Å². The van der Waals surface area contributed by atoms with E-state index in [1.807, 2.05) is 48.5 Å². The minimum Gasteiger partial charge on any atom is -0.457 e. The Labute approximate surface area is 200 Å². The minimum absolute atomic E-state index is 0.0682. The Morgan fingerprint density at radius 3 is 2.21 bits per heavy atom. The van der Waals surface area contributed by atoms with Gasteiger partial charge >= 0.3 is 5.97 Å². The Hall–Kier alpha value is -3.17. The lowest BCUT2D eigenvalue weighted by atomic mass is 9.84. The Morgan fingerprint density at radius 2 is 1.58 bits per heavy atom. The van der Waals surface area contributed by atoms with Crippen molar-refractivity contribution in [2.75, 3.05) is 0 Å². The maximum Gasteiger partial charge on any atom is 0.339 e. The third-order valence-electron chi connectivity index (χ3n) is 5.99. The number of ether oxygens (including phenoxy) is 1. The van der Waals surface area contributed by atoms with Crippen molar-refractivity contribution in [1.82, 2.24) is 4.98 Å². The second-order valence-electron chi connectivity index (χ2n) is 9.49. The summed E-state index contributed by atoms with van der Waals surface area (Å²) in [7, 11) is 0. The molecule has 1 aromatic heterocycles. The fraction of sp³-hybridized carbons (Fsp3) is 0.241. The molecule has 0 radical (unpaired) electrons. The highest BCUT2D eigenvalue weighted by Crippen LogP contribution is 2.29. The molecule has 0 saturated heterocycles. The van der Waals surface area contributed by atoms with Gasteiger partial charge in [0.25, 0.3) is 0 Å². The SMILES string of the molecule is Cc1cc(C(C)(C)C)cc(C)c1COC(=O)c1cc(-c2ccc(Cl)cc2)nc2ccccc12. The van der Waals surface area contributed by atoms with Crippen LogP contribution in [0.4, 0.5) is 0 Å². The van der Waals surface area contributed by atoms with Gasteiger partial charge in [0.15, 0.2) is 0 Å². The molecule has 3 nitrogen and oxygen atoms in total. The molecule has 0 aliphatic rings. The van der Waals surface area contributed by atoms with Gasteiger partial charge in [0, 0.05) is 16.0 Å². The van der Waals surface area contributed by atoms with Gasteiger partial charge in [-0.1, -0.05) is 74.8 Å². The highest BCUT2D eigenvalue weighted by molar-refractivity contribution is 6.30. The number of halogens is 1. The van der Waals surface area contributed by atoms with E-state index in [1.165, 1.54) is 5.56 Å². The van der Waals surface area contributed by atoms with Crippen molar-refractivity contribution >= 4 is 28.5 Å². The summed E-state index contributed by atoms with van der Waals surface area (Å²) in [5, 5.41) is 1.43. The normalized spacial score (nSPS) is 11.6. The number of rotatable bonds is 4. The van der Waals surface area contributed by atoms with Crippen LogP contribution in [0.2, 0.25) is 5.02 Å². The number of esters is 1. The number of benzene rings is 3. The topological polar surface area (TPSA) is 39.2 Å². The van der Waals surface area contributed by atoms with Crippen molar-refractivity contribution in [3.63, 3.8) is 0 Å². The number of aromatic nitrogens is 1. The predicted molar refractivity (Wildman–Crippen MR) is 136 cm³/mol. The van der Waals surface area contributed by atoms with Crippen molar-refractivity contribution in [2.24, 2.45) is 0 Å². The largest absolute Gasteiger partial charge is 0.457 e. The molecule has 0 aliphatic carbocycles. The third-order valence-corrected chi connectivity index (χ3v) is 6.24. The number of hydrogen-bond donors (Lipinski definition) is 0. The summed E-state index contributed by atoms with van der Waals surface area (Å²) in [4.78, 5) is 18.0. The average Bonchev–Trinajstić information content (AvgIpc) is 2.77. The van der Waals surface area contributed by atoms with Gasteiger partial charge in [-0.3, -0.25) is 0 Å². The predicted octanol–water partition coefficient (Wildman–Crippen LogP) is 7.83. The highest BCUT2D eigenvalue weighted by Gasteiger charge is 2.19. The Bertz CT molecular complexity index is 1310. The lowest BCUT2D eigenvalue weighted by Gasteiger charge is -2.22. The van der Waals surface area contributed by atoms with E-state index in [9.17, 15) is 4.79 Å². The molecule has 0 bridgehead atoms. The molecule has 4 heteroatoms. The number of carbonyl (C=O) groups excluding carboxylic acids is 1. The maximum atomic E-state index is 13.2. The van der Waals surface area contributed by atoms with E-state index in [1.54, 1.807) is 6.07 Å². The van der Waals surface area contributed by atoms with E-state index in [0.717, 1.165) is 33.2 Å². The minimum atomic E-state index is -0.359. The lowest BCUT2D eigenvalue weighted by Crippen LogP contribution is -2.13. The molecular formula is C29H28ClNO2. The number of fused-ring (bicyclic) bond motifs is 1. The third kappa shape index (κ3) is 4.94. The number of para-hydroxylation sites is 1. The van der Waals surface area contributed by atoms with Crippen LogP contribution in [-0.4, -0.2) is 11.0 Å². The summed E-state index contributed by atoms with van der Waals surface area (Å²) in [5.41, 5.74) is 7.52. The van der Waals surface area contributed by atoms with Crippen LogP contribution in [-0.2, 0) is 16.8 Å². The van der Waals surface area contributed by atoms with E-state index in [-0.39, 0.29) is 18.0 Å². The average molecular weight is 458 g/mol. The molecule has 33 heavy (non-hydrogen) atoms. The van der Waals surface area contributed by atoms with E-state index < -0.39 is 0 Å². The van der Waals surface area contributed by atoms with Crippen LogP contribution < -0.4 is 0 Å². The van der Waals surface area contributed by atoms with Crippen LogP contribution in [0.15, 0.2) is 66.7 Å². The van der Waals surface area contributed by atoms with Gasteiger partial charge in [0.1, 0.15) is 6.61 Å². The monoisotopic (exact) mass is 457 g/mol. The number of carbonyl (C=O) groups is 1. The fourth-order valence-electron chi connectivity index (χ4n) is 3.98. The molecule has 4 aromatic rings. The summed E-state index contributed by atoms with van der Waals surface area (Å²) in [6.45, 7) is 11.0. The molecule has 0 N–H and O–H groups in total. The smallest absolute Gasteiger partial charge is 0.339 e. The quantitative estimate of drug-likeness (QED) is 0.293. The fourth-order valence-corrected chi connectivity index (χ4v) is 4.11. The summed E-state index contributed by atoms with van der Waals surface area (Å²) >= 11 is 6.04. The standard InChI is InChI=1S/C29H28ClNO2/c1-18-14-21(29(3,4)5)15-19(2)25(18)17-33-28(32)24-16-27(20-10-12-22(30)13-11-20)31-26-9-7-6-8-23(24)26/h6-16H,17H2,1-5H3. The van der Waals surface area contributed by atoms with Crippen molar-refractivity contribution in [3.8, 4) is 11.3 Å². The van der Waals surface area contributed by atoms with Crippen LogP contribution >= 0.6 is 11.6 Å². The van der Waals surface area contributed by atoms with E-state index in [2.05, 4.69) is 46.8 Å². The zero-order valence-electron chi connectivity index (χ0n) is 19.7. The van der Waals surface area contributed by atoms with Crippen LogP contribution in [0.5, 0.6) is 0 Å². The molecule has 0 aliphatic heterocycles. The molecule has 0 spiro atoms. The summed E-state index contributed by atoms with van der Waals surface area (Å²) < 4.78 is 5.83. The molecule has 0 unspecified atom stereocenters. The Morgan fingerprint density at radius 1 is 0.939 bits per heavy atom. The first kappa shape index (κ1) is 23.0. The molecule has 0 amide bonds. The van der Waals surface area contributed by atoms with Gasteiger partial charge in [-0.25, -0.2) is 9.78 Å². The molecule has 3 aromatic carbocycles. The highest BCUT2D eigenvalue weighted by atomic mass is 35.5. The van der Waals surface area contributed by atoms with Gasteiger partial charge in [-0.05, 0) is 65.8 Å². The van der Waals surface area contributed by atoms with E-state index >= 15 is 0 Å². The molecule has 4 rings (SSSR count). The van der Waals surface area contributed by atoms with Crippen molar-refractivity contribution in [1.29, 1.82) is 0 Å². The van der Waals surface area contributed by atoms with Crippen molar-refractivity contribution in [2.45, 2.75) is 46.6 Å². The number of nitrogens with zero attached hydrogens (tertiary/aromatic N) is 1. The zero-order chi connectivity index (χ0) is 23.8. The molecule has 1 heterocycles. The lowest BCUT2D eigenvalue weighted by molar-refractivity contribution is 0.0474. The van der Waals surface area contributed by atoms with Gasteiger partial charge in [-0.2, -0.15) is 0 Å². The van der Waals surface area contributed by atoms with Crippen molar-refractivity contribution < 1.29 is 9.53 Å². The van der Waals surface area contributed by atoms with Crippen LogP contribution in [0.1, 0.15) is 53.4 Å². The van der Waals surface area contributed by atoms with Gasteiger partial charge in [-0.15, -0.1) is 0 Å². The Balaban J connectivity index is 1.67. The molecule has 0 atom stereocenters. The van der Waals surface area contributed by atoms with E-state index in [0.29, 0.717) is 16.3 Å². The first-order valence-electron chi connectivity index (χ1n) is 11.1. The number of pyridine rings is 1. The van der Waals surface area contributed by atoms with Gasteiger partial charge < -0.3 is 4.74 Å². The Kier molecular flexibility index (Phi) is 6.27. The van der Waals surface area contributed by atoms with Crippen LogP contribution in [0, 0.1) is 13.8 Å². The zero-order valence-corrected chi connectivity index (χ0v) is 20.5.